The third-order valence-electron chi connectivity index (χ3n) is 11.0. The Hall–Kier alpha value is -6.78. The van der Waals surface area contributed by atoms with Crippen LogP contribution in [0, 0.1) is 11.3 Å². The minimum Gasteiger partial charge on any atom is -0.306 e. The van der Waals surface area contributed by atoms with E-state index < -0.39 is 0 Å². The van der Waals surface area contributed by atoms with Crippen molar-refractivity contribution in [1.29, 1.82) is 5.26 Å². The minimum atomic E-state index is 0.628. The zero-order valence-corrected chi connectivity index (χ0v) is 30.2. The van der Waals surface area contributed by atoms with E-state index in [0.29, 0.717) is 5.56 Å². The third kappa shape index (κ3) is 3.97. The highest BCUT2D eigenvalue weighted by Gasteiger charge is 2.25. The second-order valence-electron chi connectivity index (χ2n) is 13.8. The maximum atomic E-state index is 9.84. The lowest BCUT2D eigenvalue weighted by atomic mass is 10.0. The van der Waals surface area contributed by atoms with Gasteiger partial charge in [0.2, 0.25) is 0 Å². The number of thiophene rings is 2. The topological polar surface area (TPSA) is 46.5 Å². The molecule has 0 saturated carbocycles. The zero-order chi connectivity index (χ0) is 35.5. The lowest BCUT2D eigenvalue weighted by Gasteiger charge is -2.20. The average Bonchev–Trinajstić information content (AvgIpc) is 3.98. The molecule has 12 aromatic rings. The molecule has 12 rings (SSSR count). The fourth-order valence-electron chi connectivity index (χ4n) is 8.75. The van der Waals surface area contributed by atoms with E-state index in [0.717, 1.165) is 33.5 Å². The van der Waals surface area contributed by atoms with Gasteiger partial charge in [-0.1, -0.05) is 109 Å². The maximum absolute atomic E-state index is 9.84. The van der Waals surface area contributed by atoms with Crippen molar-refractivity contribution in [3.63, 3.8) is 0 Å². The summed E-state index contributed by atoms with van der Waals surface area (Å²) in [6.07, 6.45) is 4.05. The van der Waals surface area contributed by atoms with Crippen molar-refractivity contribution in [3.05, 3.63) is 164 Å². The second-order valence-corrected chi connectivity index (χ2v) is 15.9. The normalized spacial score (nSPS) is 12.1. The molecule has 0 aliphatic rings. The Kier molecular flexibility index (Phi) is 6.12. The van der Waals surface area contributed by atoms with Crippen LogP contribution in [-0.4, -0.2) is 14.1 Å². The van der Waals surface area contributed by atoms with Gasteiger partial charge in [-0.05, 0) is 42.0 Å². The summed E-state index contributed by atoms with van der Waals surface area (Å²) in [5.74, 6) is 0. The van der Waals surface area contributed by atoms with Crippen LogP contribution < -0.4 is 0 Å². The first-order valence-corrected chi connectivity index (χ1v) is 19.6. The summed E-state index contributed by atoms with van der Waals surface area (Å²) in [5.41, 5.74) is 9.28. The molecule has 6 heteroatoms. The van der Waals surface area contributed by atoms with Crippen LogP contribution in [0.2, 0.25) is 0 Å². The molecule has 250 valence electrons. The number of rotatable bonds is 3. The Morgan fingerprint density at radius 3 is 1.39 bits per heavy atom. The number of nitriles is 1. The third-order valence-corrected chi connectivity index (χ3v) is 13.4. The number of hydrogen-bond donors (Lipinski definition) is 0. The van der Waals surface area contributed by atoms with Gasteiger partial charge < -0.3 is 9.13 Å². The molecule has 5 heterocycles. The molecule has 0 aliphatic carbocycles. The van der Waals surface area contributed by atoms with Gasteiger partial charge in [-0.2, -0.15) is 5.26 Å². The molecule has 0 fully saturated rings. The van der Waals surface area contributed by atoms with Gasteiger partial charge in [-0.15, -0.1) is 22.7 Å². The first kappa shape index (κ1) is 29.8. The van der Waals surface area contributed by atoms with E-state index in [9.17, 15) is 5.26 Å². The van der Waals surface area contributed by atoms with Crippen LogP contribution in [0.1, 0.15) is 5.56 Å². The van der Waals surface area contributed by atoms with Crippen LogP contribution in [0.4, 0.5) is 0 Å². The predicted octanol–water partition coefficient (Wildman–Crippen LogP) is 13.6. The molecule has 54 heavy (non-hydrogen) atoms. The van der Waals surface area contributed by atoms with E-state index in [1.807, 2.05) is 47.2 Å². The summed E-state index contributed by atoms with van der Waals surface area (Å²) in [5, 5.41) is 19.7. The monoisotopic (exact) mass is 722 g/mol. The van der Waals surface area contributed by atoms with Crippen molar-refractivity contribution < 1.29 is 0 Å². The molecular formula is C48H26N4S2. The van der Waals surface area contributed by atoms with E-state index in [4.69, 9.17) is 4.98 Å². The summed E-state index contributed by atoms with van der Waals surface area (Å²) in [4.78, 5) is 5.10. The first-order chi connectivity index (χ1) is 26.8. The minimum absolute atomic E-state index is 0.628. The van der Waals surface area contributed by atoms with Crippen LogP contribution in [0.25, 0.3) is 106 Å². The number of pyridine rings is 1. The summed E-state index contributed by atoms with van der Waals surface area (Å²) in [6.45, 7) is 0. The Bertz CT molecular complexity index is 3370. The van der Waals surface area contributed by atoms with E-state index >= 15 is 0 Å². The quantitative estimate of drug-likeness (QED) is 0.182. The van der Waals surface area contributed by atoms with Crippen LogP contribution in [0.5, 0.6) is 0 Å². The van der Waals surface area contributed by atoms with Crippen molar-refractivity contribution in [3.8, 4) is 28.6 Å². The van der Waals surface area contributed by atoms with E-state index in [-0.39, 0.29) is 0 Å². The van der Waals surface area contributed by atoms with Crippen molar-refractivity contribution >= 4 is 107 Å². The molecule has 5 aromatic heterocycles. The number of fused-ring (bicyclic) bond motifs is 14. The van der Waals surface area contributed by atoms with Crippen LogP contribution in [0.3, 0.4) is 0 Å². The van der Waals surface area contributed by atoms with Gasteiger partial charge in [0.25, 0.3) is 0 Å². The lowest BCUT2D eigenvalue weighted by Crippen LogP contribution is -2.05. The Morgan fingerprint density at radius 2 is 0.889 bits per heavy atom. The molecule has 0 amide bonds. The maximum Gasteiger partial charge on any atom is 0.0991 e. The predicted molar refractivity (Wildman–Crippen MR) is 229 cm³/mol. The van der Waals surface area contributed by atoms with E-state index in [1.165, 1.54) is 72.9 Å². The second kappa shape index (κ2) is 11.1. The van der Waals surface area contributed by atoms with Gasteiger partial charge in [-0.3, -0.25) is 4.98 Å². The lowest BCUT2D eigenvalue weighted by molar-refractivity contribution is 1.10. The zero-order valence-electron chi connectivity index (χ0n) is 28.6. The van der Waals surface area contributed by atoms with Gasteiger partial charge in [-0.25, -0.2) is 0 Å². The largest absolute Gasteiger partial charge is 0.306 e. The van der Waals surface area contributed by atoms with Crippen LogP contribution in [-0.2, 0) is 0 Å². The molecule has 0 radical (unpaired) electrons. The number of nitrogens with zero attached hydrogens (tertiary/aromatic N) is 4. The Labute approximate surface area is 316 Å². The highest BCUT2D eigenvalue weighted by Crippen LogP contribution is 2.47. The highest BCUT2D eigenvalue weighted by molar-refractivity contribution is 7.27. The molecule has 4 nitrogen and oxygen atoms in total. The molecule has 0 N–H and O–H groups in total. The number of hydrogen-bond acceptors (Lipinski definition) is 4. The van der Waals surface area contributed by atoms with Crippen LogP contribution in [0.15, 0.2) is 158 Å². The molecule has 0 spiro atoms. The van der Waals surface area contributed by atoms with E-state index in [1.54, 1.807) is 0 Å². The molecule has 0 saturated heterocycles. The number of para-hydroxylation sites is 2. The van der Waals surface area contributed by atoms with Crippen molar-refractivity contribution in [2.75, 3.05) is 0 Å². The standard InChI is InChI=1S/C48H26N4S2/c49-25-28-17-19-29(20-18-28)44-40(51-38-13-5-1-9-30(38)34-21-23-36-32-11-3-7-15-42(32)53-47(36)45(34)51)26-50-27-41(44)52-39-14-6-2-10-31(39)35-22-24-37-33-12-4-8-16-43(33)54-48(37)46(35)52/h1-24,26-27H. The highest BCUT2D eigenvalue weighted by atomic mass is 32.1. The molecule has 7 aromatic carbocycles. The van der Waals surface area contributed by atoms with Crippen molar-refractivity contribution in [1.82, 2.24) is 14.1 Å². The Balaban J connectivity index is 1.29. The number of aromatic nitrogens is 3. The van der Waals surface area contributed by atoms with Gasteiger partial charge in [0.05, 0.1) is 66.9 Å². The molecule has 0 bridgehead atoms. The first-order valence-electron chi connectivity index (χ1n) is 17.9. The van der Waals surface area contributed by atoms with Gasteiger partial charge >= 0.3 is 0 Å². The Morgan fingerprint density at radius 1 is 0.444 bits per heavy atom. The number of benzene rings is 7. The summed E-state index contributed by atoms with van der Waals surface area (Å²) >= 11 is 3.70. The molecular weight excluding hydrogens is 697 g/mol. The van der Waals surface area contributed by atoms with Gasteiger partial charge in [0.1, 0.15) is 0 Å². The summed E-state index contributed by atoms with van der Waals surface area (Å²) in [7, 11) is 0. The fourth-order valence-corrected chi connectivity index (χ4v) is 11.2. The fraction of sp³-hybridized carbons (Fsp3) is 0. The smallest absolute Gasteiger partial charge is 0.0991 e. The van der Waals surface area contributed by atoms with Gasteiger partial charge in [0, 0.05) is 58.1 Å². The van der Waals surface area contributed by atoms with Gasteiger partial charge in [0.15, 0.2) is 0 Å². The summed E-state index contributed by atoms with van der Waals surface area (Å²) < 4.78 is 9.93. The average molecular weight is 723 g/mol. The molecule has 0 unspecified atom stereocenters. The molecule has 0 aliphatic heterocycles. The summed E-state index contributed by atoms with van der Waals surface area (Å²) in [6, 6.07) is 54.4. The van der Waals surface area contributed by atoms with E-state index in [2.05, 4.69) is 149 Å². The van der Waals surface area contributed by atoms with Crippen molar-refractivity contribution in [2.24, 2.45) is 0 Å². The molecule has 0 atom stereocenters. The van der Waals surface area contributed by atoms with Crippen LogP contribution >= 0.6 is 22.7 Å². The van der Waals surface area contributed by atoms with Crippen molar-refractivity contribution in [2.45, 2.75) is 0 Å². The SMILES string of the molecule is N#Cc1ccc(-c2c(-n3c4ccccc4c4ccc5c6ccccc6sc5c43)cncc2-n2c3ccccc3c3ccc4c5ccccc5sc4c32)cc1.